The second-order valence-corrected chi connectivity index (χ2v) is 7.09. The maximum absolute atomic E-state index is 10.7. The molecule has 0 spiro atoms. The van der Waals surface area contributed by atoms with Crippen LogP contribution >= 0.6 is 15.6 Å². The molecule has 198 valence electrons. The molecule has 0 amide bonds. The van der Waals surface area contributed by atoms with E-state index in [2.05, 4.69) is 0 Å². The van der Waals surface area contributed by atoms with Gasteiger partial charge in [0.25, 0.3) is 0 Å². The van der Waals surface area contributed by atoms with Gasteiger partial charge < -0.3 is 0 Å². The summed E-state index contributed by atoms with van der Waals surface area (Å²) < 4.78 is 118. The Kier molecular flexibility index (Phi) is 37.1. The van der Waals surface area contributed by atoms with Gasteiger partial charge in [-0.25, -0.2) is 0 Å². The van der Waals surface area contributed by atoms with Crippen molar-refractivity contribution < 1.29 is 67.4 Å². The van der Waals surface area contributed by atoms with Crippen LogP contribution in [0.1, 0.15) is 41.5 Å². The zero-order valence-electron chi connectivity index (χ0n) is 17.5. The fourth-order valence-electron chi connectivity index (χ4n) is 0. The van der Waals surface area contributed by atoms with E-state index in [1.165, 1.54) is 41.5 Å². The van der Waals surface area contributed by atoms with E-state index in [1.54, 1.807) is 36.4 Å². The third-order valence-electron chi connectivity index (χ3n) is 0. The first-order valence-corrected chi connectivity index (χ1v) is 10.4. The molecule has 0 aromatic rings. The summed E-state index contributed by atoms with van der Waals surface area (Å²) in [5.74, 6) is 0. The van der Waals surface area contributed by atoms with Crippen molar-refractivity contribution in [2.24, 2.45) is 0 Å². The number of hydrogen-bond acceptors (Lipinski definition) is 6. The van der Waals surface area contributed by atoms with E-state index in [1.807, 2.05) is 0 Å². The predicted molar refractivity (Wildman–Crippen MR) is 94.9 cm³/mol. The van der Waals surface area contributed by atoms with Crippen LogP contribution in [0.25, 0.3) is 0 Å². The smallest absolute Gasteiger partial charge is 2.00 e. The second-order valence-electron chi connectivity index (χ2n) is 3.26. The fraction of sp³-hybridized carbons (Fsp3) is 0.500. The largest absolute Gasteiger partial charge is 2.00 e. The van der Waals surface area contributed by atoms with Crippen LogP contribution in [-0.2, 0) is 17.1 Å². The standard InChI is InChI=1S/6C2H3N.2F6P.Fe/c6*1-2-3;2*1-7(2,3,4,5)6;/h6*1H3;;;/q;;;;;;2*-1;+2. The Labute approximate surface area is 193 Å². The molecule has 0 aliphatic rings. The third kappa shape index (κ3) is 3500. The van der Waals surface area contributed by atoms with Crippen molar-refractivity contribution in [3.8, 4) is 36.4 Å². The Hall–Kier alpha value is -2.52. The molecule has 0 N–H and O–H groups in total. The van der Waals surface area contributed by atoms with E-state index in [4.69, 9.17) is 31.6 Å². The van der Waals surface area contributed by atoms with E-state index in [0.717, 1.165) is 0 Å². The molecule has 0 aromatic carbocycles. The summed E-state index contributed by atoms with van der Waals surface area (Å²) in [6, 6.07) is 10.5. The van der Waals surface area contributed by atoms with Gasteiger partial charge in [0.1, 0.15) is 0 Å². The molecule has 0 unspecified atom stereocenters. The average molecular weight is 592 g/mol. The van der Waals surface area contributed by atoms with E-state index in [-0.39, 0.29) is 17.1 Å². The summed E-state index contributed by atoms with van der Waals surface area (Å²) in [6.07, 6.45) is 0. The second kappa shape index (κ2) is 21.3. The molecular formula is C12H18F12FeN6P2. The molecule has 33 heavy (non-hydrogen) atoms. The Bertz CT molecular complexity index is 563. The van der Waals surface area contributed by atoms with Gasteiger partial charge >= 0.3 is 83.0 Å². The molecular weight excluding hydrogens is 574 g/mol. The molecule has 0 bridgehead atoms. The number of nitriles is 6. The molecule has 0 radical (unpaired) electrons. The Morgan fingerprint density at radius 2 is 0.333 bits per heavy atom. The Balaban J connectivity index is -0.0000000295. The summed E-state index contributed by atoms with van der Waals surface area (Å²) in [6.45, 7) is 8.58. The summed E-state index contributed by atoms with van der Waals surface area (Å²) in [5.41, 5.74) is 0. The van der Waals surface area contributed by atoms with Gasteiger partial charge in [-0.2, -0.15) is 31.6 Å². The van der Waals surface area contributed by atoms with Crippen LogP contribution < -0.4 is 0 Å². The van der Waals surface area contributed by atoms with Crippen molar-refractivity contribution in [3.05, 3.63) is 0 Å². The van der Waals surface area contributed by atoms with Crippen molar-refractivity contribution >= 4 is 15.6 Å². The molecule has 0 heterocycles. The van der Waals surface area contributed by atoms with Crippen LogP contribution in [0.2, 0.25) is 0 Å². The minimum Gasteiger partial charge on any atom is 2.00 e. The molecule has 0 atom stereocenters. The van der Waals surface area contributed by atoms with Crippen LogP contribution in [0, 0.1) is 68.0 Å². The van der Waals surface area contributed by atoms with Crippen LogP contribution in [0.4, 0.5) is 50.4 Å². The van der Waals surface area contributed by atoms with E-state index >= 15 is 0 Å². The number of nitrogens with zero attached hydrogens (tertiary/aromatic N) is 6. The first-order chi connectivity index (χ1) is 13.4. The van der Waals surface area contributed by atoms with Gasteiger partial charge in [-0.15, -0.1) is 0 Å². The van der Waals surface area contributed by atoms with Gasteiger partial charge in [0.2, 0.25) is 0 Å². The normalized spacial score (nSPS) is 11.3. The first kappa shape index (κ1) is 57.4. The number of rotatable bonds is 0. The van der Waals surface area contributed by atoms with Crippen LogP contribution in [0.3, 0.4) is 0 Å². The molecule has 0 fully saturated rings. The summed E-state index contributed by atoms with van der Waals surface area (Å²) in [4.78, 5) is 0. The summed E-state index contributed by atoms with van der Waals surface area (Å²) in [5, 5.41) is 43.9. The summed E-state index contributed by atoms with van der Waals surface area (Å²) in [7, 11) is -21.3. The van der Waals surface area contributed by atoms with Gasteiger partial charge in [-0.1, -0.05) is 0 Å². The molecule has 0 saturated heterocycles. The molecule has 0 aliphatic heterocycles. The Morgan fingerprint density at radius 3 is 0.333 bits per heavy atom. The van der Waals surface area contributed by atoms with Gasteiger partial charge in [-0.05, 0) is 0 Å². The van der Waals surface area contributed by atoms with Gasteiger partial charge in [-0.3, -0.25) is 0 Å². The first-order valence-electron chi connectivity index (χ1n) is 6.37. The molecule has 6 nitrogen and oxygen atoms in total. The molecule has 0 saturated carbocycles. The third-order valence-corrected chi connectivity index (χ3v) is 0. The maximum atomic E-state index is 9.87. The minimum absolute atomic E-state index is 0. The van der Waals surface area contributed by atoms with Crippen LogP contribution in [0.15, 0.2) is 0 Å². The van der Waals surface area contributed by atoms with Crippen molar-refractivity contribution in [3.63, 3.8) is 0 Å². The number of hydrogen-bond donors (Lipinski definition) is 0. The predicted octanol–water partition coefficient (Wildman–Crippen LogP) is 9.94. The monoisotopic (exact) mass is 592 g/mol. The topological polar surface area (TPSA) is 143 Å². The fourth-order valence-corrected chi connectivity index (χ4v) is 0. The minimum atomic E-state index is -10.7. The van der Waals surface area contributed by atoms with Gasteiger partial charge in [0, 0.05) is 41.5 Å². The SMILES string of the molecule is CC#N.CC#N.CC#N.CC#N.CC#N.CC#N.F[P-](F)(F)(F)(F)F.F[P-](F)(F)(F)(F)F.[Fe+2]. The molecule has 0 rings (SSSR count). The summed E-state index contributed by atoms with van der Waals surface area (Å²) >= 11 is 0. The molecule has 0 aliphatic carbocycles. The van der Waals surface area contributed by atoms with E-state index < -0.39 is 15.6 Å². The van der Waals surface area contributed by atoms with Crippen molar-refractivity contribution in [2.75, 3.05) is 0 Å². The molecule has 21 heteroatoms. The number of halogens is 12. The van der Waals surface area contributed by atoms with Gasteiger partial charge in [0.05, 0.1) is 36.4 Å². The quantitative estimate of drug-likeness (QED) is 0.156. The zero-order valence-corrected chi connectivity index (χ0v) is 20.4. The Morgan fingerprint density at radius 1 is 0.333 bits per heavy atom. The van der Waals surface area contributed by atoms with Crippen LogP contribution in [0.5, 0.6) is 0 Å². The molecule has 0 aromatic heterocycles. The van der Waals surface area contributed by atoms with E-state index in [9.17, 15) is 50.4 Å². The van der Waals surface area contributed by atoms with Crippen LogP contribution in [-0.4, -0.2) is 0 Å². The van der Waals surface area contributed by atoms with Gasteiger partial charge in [0.15, 0.2) is 0 Å². The van der Waals surface area contributed by atoms with Crippen molar-refractivity contribution in [1.82, 2.24) is 0 Å². The maximum Gasteiger partial charge on any atom is 2.00 e. The van der Waals surface area contributed by atoms with Crippen molar-refractivity contribution in [2.45, 2.75) is 41.5 Å². The average Bonchev–Trinajstić information content (AvgIpc) is 2.35. The zero-order chi connectivity index (χ0) is 29.1. The van der Waals surface area contributed by atoms with Crippen molar-refractivity contribution in [1.29, 1.82) is 31.6 Å². The van der Waals surface area contributed by atoms with E-state index in [0.29, 0.717) is 0 Å².